The van der Waals surface area contributed by atoms with E-state index in [2.05, 4.69) is 25.6 Å². The molecule has 0 aromatic heterocycles. The van der Waals surface area contributed by atoms with E-state index < -0.39 is 0 Å². The number of hydrogen-bond donors (Lipinski definition) is 0. The third-order valence-electron chi connectivity index (χ3n) is 3.13. The monoisotopic (exact) mass is 260 g/mol. The molecule has 2 heteroatoms. The lowest BCUT2D eigenvalue weighted by molar-refractivity contribution is -0.144. The Morgan fingerprint density at radius 3 is 2.47 bits per heavy atom. The summed E-state index contributed by atoms with van der Waals surface area (Å²) in [5, 5.41) is 0. The Morgan fingerprint density at radius 1 is 1.26 bits per heavy atom. The lowest BCUT2D eigenvalue weighted by Gasteiger charge is -2.13. The smallest absolute Gasteiger partial charge is 0.303 e. The van der Waals surface area contributed by atoms with Crippen LogP contribution in [0.3, 0.4) is 0 Å². The van der Waals surface area contributed by atoms with Crippen molar-refractivity contribution in [2.75, 3.05) is 0 Å². The molecule has 1 aromatic rings. The number of benzene rings is 1. The molecule has 0 saturated carbocycles. The molecular weight excluding hydrogens is 236 g/mol. The second-order valence-corrected chi connectivity index (χ2v) is 4.82. The first kappa shape index (κ1) is 15.5. The van der Waals surface area contributed by atoms with Crippen molar-refractivity contribution in [3.63, 3.8) is 0 Å². The molecule has 0 fully saturated rings. The zero-order chi connectivity index (χ0) is 14.1. The first-order valence-corrected chi connectivity index (χ1v) is 7.06. The van der Waals surface area contributed by atoms with Gasteiger partial charge in [-0.1, -0.05) is 57.0 Å². The normalized spacial score (nSPS) is 11.9. The minimum absolute atomic E-state index is 0.284. The number of rotatable bonds is 8. The molecule has 0 spiro atoms. The van der Waals surface area contributed by atoms with Crippen LogP contribution in [0.4, 0.5) is 0 Å². The Morgan fingerprint density at radius 2 is 1.95 bits per heavy atom. The van der Waals surface area contributed by atoms with Crippen LogP contribution in [-0.2, 0) is 16.0 Å². The Labute approximate surface area is 116 Å². The number of unbranched alkanes of at least 4 members (excludes halogenated alkanes) is 3. The van der Waals surface area contributed by atoms with Crippen molar-refractivity contribution in [1.29, 1.82) is 0 Å². The van der Waals surface area contributed by atoms with Crippen LogP contribution in [0.15, 0.2) is 36.9 Å². The molecular formula is C17H24O2. The maximum atomic E-state index is 11.0. The molecule has 0 N–H and O–H groups in total. The molecule has 0 heterocycles. The van der Waals surface area contributed by atoms with E-state index in [-0.39, 0.29) is 12.1 Å². The standard InChI is InChI=1S/C17H24O2/c1-4-6-7-8-9-15-10-12-16(13-11-15)17(5-2)19-14(3)18/h5,10-13,17H,2,4,6-9H2,1,3H3. The molecule has 1 rings (SSSR count). The molecule has 0 bridgehead atoms. The minimum atomic E-state index is -0.341. The summed E-state index contributed by atoms with van der Waals surface area (Å²) in [7, 11) is 0. The molecule has 2 nitrogen and oxygen atoms in total. The van der Waals surface area contributed by atoms with Crippen LogP contribution in [0.25, 0.3) is 0 Å². The van der Waals surface area contributed by atoms with Crippen molar-refractivity contribution >= 4 is 5.97 Å². The Balaban J connectivity index is 2.54. The van der Waals surface area contributed by atoms with Crippen molar-refractivity contribution < 1.29 is 9.53 Å². The Hall–Kier alpha value is -1.57. The third-order valence-corrected chi connectivity index (χ3v) is 3.13. The second kappa shape index (κ2) is 8.52. The number of ether oxygens (including phenoxy) is 1. The third kappa shape index (κ3) is 5.73. The van der Waals surface area contributed by atoms with Gasteiger partial charge in [-0.15, -0.1) is 0 Å². The molecule has 1 aromatic carbocycles. The van der Waals surface area contributed by atoms with Crippen LogP contribution in [0.2, 0.25) is 0 Å². The summed E-state index contributed by atoms with van der Waals surface area (Å²) < 4.78 is 5.18. The van der Waals surface area contributed by atoms with E-state index in [4.69, 9.17) is 4.74 Å². The highest BCUT2D eigenvalue weighted by Crippen LogP contribution is 2.20. The summed E-state index contributed by atoms with van der Waals surface area (Å²) in [6.45, 7) is 7.34. The lowest BCUT2D eigenvalue weighted by atomic mass is 10.0. The first-order valence-electron chi connectivity index (χ1n) is 7.06. The summed E-state index contributed by atoms with van der Waals surface area (Å²) in [6, 6.07) is 8.26. The highest BCUT2D eigenvalue weighted by molar-refractivity contribution is 5.66. The highest BCUT2D eigenvalue weighted by Gasteiger charge is 2.10. The second-order valence-electron chi connectivity index (χ2n) is 4.82. The summed E-state index contributed by atoms with van der Waals surface area (Å²) in [4.78, 5) is 11.0. The minimum Gasteiger partial charge on any atom is -0.453 e. The van der Waals surface area contributed by atoms with E-state index in [0.29, 0.717) is 0 Å². The van der Waals surface area contributed by atoms with Gasteiger partial charge in [-0.25, -0.2) is 0 Å². The van der Waals surface area contributed by atoms with Gasteiger partial charge in [0, 0.05) is 6.92 Å². The van der Waals surface area contributed by atoms with Crippen LogP contribution in [0, 0.1) is 0 Å². The fraction of sp³-hybridized carbons (Fsp3) is 0.471. The summed E-state index contributed by atoms with van der Waals surface area (Å²) in [6.07, 6.45) is 7.53. The lowest BCUT2D eigenvalue weighted by Crippen LogP contribution is -2.05. The molecule has 0 amide bonds. The molecule has 0 saturated heterocycles. The predicted octanol–water partition coefficient (Wildman–Crippen LogP) is 4.60. The van der Waals surface area contributed by atoms with Crippen molar-refractivity contribution in [3.05, 3.63) is 48.0 Å². The van der Waals surface area contributed by atoms with E-state index >= 15 is 0 Å². The number of hydrogen-bond acceptors (Lipinski definition) is 2. The molecule has 0 aliphatic rings. The molecule has 1 unspecified atom stereocenters. The largest absolute Gasteiger partial charge is 0.453 e. The van der Waals surface area contributed by atoms with Gasteiger partial charge in [-0.05, 0) is 30.0 Å². The fourth-order valence-electron chi connectivity index (χ4n) is 2.06. The van der Waals surface area contributed by atoms with Gasteiger partial charge in [-0.3, -0.25) is 4.79 Å². The van der Waals surface area contributed by atoms with Crippen LogP contribution >= 0.6 is 0 Å². The van der Waals surface area contributed by atoms with Crippen LogP contribution in [-0.4, -0.2) is 5.97 Å². The number of carbonyl (C=O) groups is 1. The zero-order valence-electron chi connectivity index (χ0n) is 12.0. The maximum absolute atomic E-state index is 11.0. The van der Waals surface area contributed by atoms with Gasteiger partial charge in [0.05, 0.1) is 0 Å². The SMILES string of the molecule is C=CC(OC(C)=O)c1ccc(CCCCCC)cc1. The van der Waals surface area contributed by atoms with Gasteiger partial charge in [0.25, 0.3) is 0 Å². The Bertz CT molecular complexity index is 392. The van der Waals surface area contributed by atoms with E-state index in [1.54, 1.807) is 6.08 Å². The molecule has 0 aliphatic heterocycles. The number of carbonyl (C=O) groups excluding carboxylic acids is 1. The van der Waals surface area contributed by atoms with Crippen molar-refractivity contribution in [2.24, 2.45) is 0 Å². The van der Waals surface area contributed by atoms with Crippen LogP contribution in [0.5, 0.6) is 0 Å². The van der Waals surface area contributed by atoms with Gasteiger partial charge in [0.1, 0.15) is 6.10 Å². The topological polar surface area (TPSA) is 26.3 Å². The van der Waals surface area contributed by atoms with Gasteiger partial charge < -0.3 is 4.74 Å². The van der Waals surface area contributed by atoms with Gasteiger partial charge >= 0.3 is 5.97 Å². The fourth-order valence-corrected chi connectivity index (χ4v) is 2.06. The molecule has 0 aliphatic carbocycles. The summed E-state index contributed by atoms with van der Waals surface area (Å²) >= 11 is 0. The van der Waals surface area contributed by atoms with Gasteiger partial charge in [0.15, 0.2) is 0 Å². The Kier molecular flexibility index (Phi) is 6.94. The van der Waals surface area contributed by atoms with Gasteiger partial charge in [0.2, 0.25) is 0 Å². The van der Waals surface area contributed by atoms with E-state index in [1.165, 1.54) is 38.2 Å². The van der Waals surface area contributed by atoms with Crippen LogP contribution in [0.1, 0.15) is 56.8 Å². The molecule has 19 heavy (non-hydrogen) atoms. The van der Waals surface area contributed by atoms with E-state index in [0.717, 1.165) is 12.0 Å². The van der Waals surface area contributed by atoms with Crippen molar-refractivity contribution in [2.45, 2.75) is 52.1 Å². The number of aryl methyl sites for hydroxylation is 1. The molecule has 0 radical (unpaired) electrons. The summed E-state index contributed by atoms with van der Waals surface area (Å²) in [5.41, 5.74) is 2.31. The van der Waals surface area contributed by atoms with Crippen LogP contribution < -0.4 is 0 Å². The number of esters is 1. The van der Waals surface area contributed by atoms with Crippen molar-refractivity contribution in [1.82, 2.24) is 0 Å². The quantitative estimate of drug-likeness (QED) is 0.388. The van der Waals surface area contributed by atoms with E-state index in [9.17, 15) is 4.79 Å². The highest BCUT2D eigenvalue weighted by atomic mass is 16.5. The predicted molar refractivity (Wildman–Crippen MR) is 79.0 cm³/mol. The van der Waals surface area contributed by atoms with Gasteiger partial charge in [-0.2, -0.15) is 0 Å². The molecule has 1 atom stereocenters. The maximum Gasteiger partial charge on any atom is 0.303 e. The average Bonchev–Trinajstić information content (AvgIpc) is 2.41. The zero-order valence-corrected chi connectivity index (χ0v) is 12.0. The average molecular weight is 260 g/mol. The summed E-state index contributed by atoms with van der Waals surface area (Å²) in [5.74, 6) is -0.284. The first-order chi connectivity index (χ1) is 9.17. The van der Waals surface area contributed by atoms with E-state index in [1.807, 2.05) is 12.1 Å². The van der Waals surface area contributed by atoms with Crippen molar-refractivity contribution in [3.8, 4) is 0 Å². The molecule has 104 valence electrons.